The highest BCUT2D eigenvalue weighted by molar-refractivity contribution is 9.10. The van der Waals surface area contributed by atoms with Crippen LogP contribution >= 0.6 is 15.9 Å². The number of ketones is 1. The first-order valence-electron chi connectivity index (χ1n) is 5.31. The van der Waals surface area contributed by atoms with Crippen molar-refractivity contribution in [3.05, 3.63) is 52.2 Å². The first kappa shape index (κ1) is 11.2. The molecule has 0 saturated heterocycles. The second-order valence-electron chi connectivity index (χ2n) is 3.88. The molecule has 0 fully saturated rings. The lowest BCUT2D eigenvalue weighted by Gasteiger charge is -1.90. The quantitative estimate of drug-likeness (QED) is 0.677. The van der Waals surface area contributed by atoms with Crippen molar-refractivity contribution in [1.29, 1.82) is 0 Å². The lowest BCUT2D eigenvalue weighted by molar-refractivity contribution is 0.0984. The Bertz CT molecular complexity index is 742. The van der Waals surface area contributed by atoms with Crippen molar-refractivity contribution < 1.29 is 13.6 Å². The summed E-state index contributed by atoms with van der Waals surface area (Å²) in [6.07, 6.45) is 0. The van der Waals surface area contributed by atoms with Gasteiger partial charge in [-0.15, -0.1) is 0 Å². The Labute approximate surface area is 111 Å². The minimum absolute atomic E-state index is 0.227. The van der Waals surface area contributed by atoms with Crippen LogP contribution < -0.4 is 0 Å². The zero-order chi connectivity index (χ0) is 12.7. The van der Waals surface area contributed by atoms with E-state index < -0.39 is 0 Å². The van der Waals surface area contributed by atoms with Crippen molar-refractivity contribution in [2.75, 3.05) is 0 Å². The average Bonchev–Trinajstić information content (AvgIpc) is 2.93. The maximum Gasteiger partial charge on any atom is 0.263 e. The highest BCUT2D eigenvalue weighted by Gasteiger charge is 2.18. The molecule has 0 saturated carbocycles. The fraction of sp³-hybridized carbons (Fsp3) is 0.0769. The molecule has 3 aromatic rings. The van der Waals surface area contributed by atoms with Crippen LogP contribution in [0.4, 0.5) is 0 Å². The van der Waals surface area contributed by atoms with Gasteiger partial charge in [-0.05, 0) is 47.1 Å². The number of pyridine rings is 1. The molecule has 0 unspecified atom stereocenters. The highest BCUT2D eigenvalue weighted by atomic mass is 79.9. The van der Waals surface area contributed by atoms with Crippen LogP contribution in [-0.2, 0) is 0 Å². The van der Waals surface area contributed by atoms with Gasteiger partial charge in [0.2, 0.25) is 0 Å². The van der Waals surface area contributed by atoms with Crippen molar-refractivity contribution in [3.63, 3.8) is 0 Å². The van der Waals surface area contributed by atoms with E-state index in [1.807, 2.05) is 13.0 Å². The Morgan fingerprint density at radius 1 is 1.17 bits per heavy atom. The van der Waals surface area contributed by atoms with Crippen LogP contribution in [0, 0.1) is 6.92 Å². The number of rotatable bonds is 2. The predicted octanol–water partition coefficient (Wildman–Crippen LogP) is 3.72. The smallest absolute Gasteiger partial charge is 0.263 e. The van der Waals surface area contributed by atoms with E-state index in [1.165, 1.54) is 0 Å². The van der Waals surface area contributed by atoms with E-state index in [9.17, 15) is 4.79 Å². The first-order chi connectivity index (χ1) is 8.63. The van der Waals surface area contributed by atoms with Crippen LogP contribution in [0.1, 0.15) is 22.0 Å². The van der Waals surface area contributed by atoms with Crippen molar-refractivity contribution in [2.45, 2.75) is 6.92 Å². The van der Waals surface area contributed by atoms with E-state index in [1.54, 1.807) is 24.3 Å². The number of fused-ring (bicyclic) bond motifs is 1. The van der Waals surface area contributed by atoms with Crippen molar-refractivity contribution >= 4 is 32.8 Å². The highest BCUT2D eigenvalue weighted by Crippen LogP contribution is 2.22. The van der Waals surface area contributed by atoms with Crippen LogP contribution in [-0.4, -0.2) is 10.8 Å². The number of carbonyl (C=O) groups is 1. The molecule has 4 nitrogen and oxygen atoms in total. The van der Waals surface area contributed by atoms with Gasteiger partial charge in [0, 0.05) is 11.8 Å². The zero-order valence-electron chi connectivity index (χ0n) is 9.44. The molecule has 3 rings (SSSR count). The number of carbonyl (C=O) groups excluding carboxylic acids is 1. The Balaban J connectivity index is 2.06. The maximum absolute atomic E-state index is 12.1. The van der Waals surface area contributed by atoms with Crippen LogP contribution in [0.5, 0.6) is 0 Å². The standard InChI is InChI=1S/C13H8BrNO3/c1-7-2-3-9-8(15-7)6-11(17-9)13(16)10-4-5-12(14)18-10/h2-6H,1H3. The Morgan fingerprint density at radius 2 is 2.00 bits per heavy atom. The summed E-state index contributed by atoms with van der Waals surface area (Å²) in [5, 5.41) is 0. The fourth-order valence-corrected chi connectivity index (χ4v) is 2.00. The summed E-state index contributed by atoms with van der Waals surface area (Å²) in [7, 11) is 0. The molecule has 0 aliphatic heterocycles. The molecule has 0 amide bonds. The van der Waals surface area contributed by atoms with Crippen molar-refractivity contribution in [2.24, 2.45) is 0 Å². The Kier molecular flexibility index (Phi) is 2.56. The summed E-state index contributed by atoms with van der Waals surface area (Å²) in [5.74, 6) is 0.166. The van der Waals surface area contributed by atoms with E-state index in [0.29, 0.717) is 15.8 Å². The molecular weight excluding hydrogens is 298 g/mol. The SMILES string of the molecule is Cc1ccc2oc(C(=O)c3ccc(Br)o3)cc2n1. The van der Waals surface area contributed by atoms with Crippen molar-refractivity contribution in [1.82, 2.24) is 4.98 Å². The molecule has 0 aliphatic carbocycles. The molecule has 3 aromatic heterocycles. The summed E-state index contributed by atoms with van der Waals surface area (Å²) in [6.45, 7) is 1.89. The second kappa shape index (κ2) is 4.10. The van der Waals surface area contributed by atoms with Crippen LogP contribution in [0.25, 0.3) is 11.1 Å². The number of hydrogen-bond acceptors (Lipinski definition) is 4. The molecule has 3 heterocycles. The van der Waals surface area contributed by atoms with Gasteiger partial charge in [-0.3, -0.25) is 4.79 Å². The number of furan rings is 2. The summed E-state index contributed by atoms with van der Waals surface area (Å²) >= 11 is 3.16. The summed E-state index contributed by atoms with van der Waals surface area (Å²) < 4.78 is 11.2. The van der Waals surface area contributed by atoms with Gasteiger partial charge in [0.1, 0.15) is 5.52 Å². The normalized spacial score (nSPS) is 11.0. The maximum atomic E-state index is 12.1. The summed E-state index contributed by atoms with van der Waals surface area (Å²) in [4.78, 5) is 16.4. The number of halogens is 1. The first-order valence-corrected chi connectivity index (χ1v) is 6.10. The number of aromatic nitrogens is 1. The molecule has 90 valence electrons. The van der Waals surface area contributed by atoms with Gasteiger partial charge in [0.05, 0.1) is 0 Å². The van der Waals surface area contributed by atoms with E-state index in [-0.39, 0.29) is 17.3 Å². The van der Waals surface area contributed by atoms with Crippen molar-refractivity contribution in [3.8, 4) is 0 Å². The van der Waals surface area contributed by atoms with Crippen LogP contribution in [0.2, 0.25) is 0 Å². The molecule has 0 N–H and O–H groups in total. The topological polar surface area (TPSA) is 56.2 Å². The minimum Gasteiger partial charge on any atom is -0.451 e. The molecular formula is C13H8BrNO3. The van der Waals surface area contributed by atoms with E-state index in [0.717, 1.165) is 5.69 Å². The average molecular weight is 306 g/mol. The van der Waals surface area contributed by atoms with Gasteiger partial charge in [-0.1, -0.05) is 0 Å². The third-order valence-corrected chi connectivity index (χ3v) is 2.96. The molecule has 0 atom stereocenters. The van der Waals surface area contributed by atoms with E-state index in [2.05, 4.69) is 20.9 Å². The molecule has 0 radical (unpaired) electrons. The van der Waals surface area contributed by atoms with Crippen LogP contribution in [0.15, 0.2) is 43.8 Å². The summed E-state index contributed by atoms with van der Waals surface area (Å²) in [5.41, 5.74) is 2.14. The van der Waals surface area contributed by atoms with Gasteiger partial charge < -0.3 is 8.83 Å². The van der Waals surface area contributed by atoms with Gasteiger partial charge in [-0.25, -0.2) is 4.98 Å². The van der Waals surface area contributed by atoms with Crippen LogP contribution in [0.3, 0.4) is 0 Å². The molecule has 5 heteroatoms. The summed E-state index contributed by atoms with van der Waals surface area (Å²) in [6, 6.07) is 8.52. The Morgan fingerprint density at radius 3 is 2.72 bits per heavy atom. The second-order valence-corrected chi connectivity index (χ2v) is 4.66. The fourth-order valence-electron chi connectivity index (χ4n) is 1.70. The van der Waals surface area contributed by atoms with Gasteiger partial charge >= 0.3 is 0 Å². The molecule has 0 spiro atoms. The lowest BCUT2D eigenvalue weighted by Crippen LogP contribution is -1.96. The molecule has 0 aromatic carbocycles. The zero-order valence-corrected chi connectivity index (χ0v) is 11.0. The lowest BCUT2D eigenvalue weighted by atomic mass is 10.2. The number of aryl methyl sites for hydroxylation is 1. The third kappa shape index (κ3) is 1.86. The van der Waals surface area contributed by atoms with Gasteiger partial charge in [0.25, 0.3) is 5.78 Å². The Hall–Kier alpha value is -1.88. The molecule has 18 heavy (non-hydrogen) atoms. The molecule has 0 aliphatic rings. The van der Waals surface area contributed by atoms with Gasteiger partial charge in [0.15, 0.2) is 21.8 Å². The minimum atomic E-state index is -0.295. The number of hydrogen-bond donors (Lipinski definition) is 0. The van der Waals surface area contributed by atoms with E-state index >= 15 is 0 Å². The monoisotopic (exact) mass is 305 g/mol. The number of nitrogens with zero attached hydrogens (tertiary/aromatic N) is 1. The molecule has 0 bridgehead atoms. The van der Waals surface area contributed by atoms with Gasteiger partial charge in [-0.2, -0.15) is 0 Å². The third-order valence-electron chi connectivity index (χ3n) is 2.53. The van der Waals surface area contributed by atoms with E-state index in [4.69, 9.17) is 8.83 Å². The largest absolute Gasteiger partial charge is 0.451 e. The predicted molar refractivity (Wildman–Crippen MR) is 68.6 cm³/mol.